The van der Waals surface area contributed by atoms with Gasteiger partial charge >= 0.3 is 0 Å². The van der Waals surface area contributed by atoms with Crippen LogP contribution in [0.25, 0.3) is 11.2 Å². The van der Waals surface area contributed by atoms with Gasteiger partial charge in [0.1, 0.15) is 6.33 Å². The van der Waals surface area contributed by atoms with E-state index in [1.165, 1.54) is 10.9 Å². The number of rotatable bonds is 4. The van der Waals surface area contributed by atoms with Gasteiger partial charge in [-0.15, -0.1) is 6.58 Å². The van der Waals surface area contributed by atoms with Crippen molar-refractivity contribution < 1.29 is 0 Å². The van der Waals surface area contributed by atoms with Crippen LogP contribution < -0.4 is 5.56 Å². The van der Waals surface area contributed by atoms with Crippen molar-refractivity contribution in [1.82, 2.24) is 19.1 Å². The monoisotopic (exact) mass is 266 g/mol. The summed E-state index contributed by atoms with van der Waals surface area (Å²) in [6.07, 6.45) is 4.86. The fraction of sp³-hybridized carbons (Fsp3) is 0.133. The second kappa shape index (κ2) is 5.13. The SMILES string of the molecule is C=CCn1cnc2c(ncn2Cc2ccccc2)c1=O. The van der Waals surface area contributed by atoms with Gasteiger partial charge in [0, 0.05) is 6.54 Å². The molecule has 0 atom stereocenters. The highest BCUT2D eigenvalue weighted by atomic mass is 16.1. The molecule has 0 radical (unpaired) electrons. The lowest BCUT2D eigenvalue weighted by Crippen LogP contribution is -2.20. The molecule has 0 unspecified atom stereocenters. The lowest BCUT2D eigenvalue weighted by molar-refractivity contribution is 0.756. The predicted molar refractivity (Wildman–Crippen MR) is 77.5 cm³/mol. The van der Waals surface area contributed by atoms with Crippen LogP contribution in [0.4, 0.5) is 0 Å². The van der Waals surface area contributed by atoms with Gasteiger partial charge in [0.15, 0.2) is 11.2 Å². The third-order valence-corrected chi connectivity index (χ3v) is 3.11. The molecule has 0 bridgehead atoms. The highest BCUT2D eigenvalue weighted by Gasteiger charge is 2.09. The van der Waals surface area contributed by atoms with E-state index in [1.807, 2.05) is 34.9 Å². The first kappa shape index (κ1) is 12.3. The molecule has 0 aliphatic carbocycles. The van der Waals surface area contributed by atoms with Crippen LogP contribution in [0.3, 0.4) is 0 Å². The van der Waals surface area contributed by atoms with E-state index in [-0.39, 0.29) is 5.56 Å². The van der Waals surface area contributed by atoms with Gasteiger partial charge in [0.2, 0.25) is 0 Å². The molecule has 0 saturated heterocycles. The highest BCUT2D eigenvalue weighted by Crippen LogP contribution is 2.09. The van der Waals surface area contributed by atoms with Gasteiger partial charge in [0.05, 0.1) is 12.9 Å². The molecule has 20 heavy (non-hydrogen) atoms. The smallest absolute Gasteiger partial charge is 0.281 e. The van der Waals surface area contributed by atoms with Crippen LogP contribution in [0, 0.1) is 0 Å². The Labute approximate surface area is 115 Å². The fourth-order valence-corrected chi connectivity index (χ4v) is 2.14. The minimum absolute atomic E-state index is 0.137. The summed E-state index contributed by atoms with van der Waals surface area (Å²) in [5.74, 6) is 0. The number of benzene rings is 1. The van der Waals surface area contributed by atoms with Crippen LogP contribution in [-0.2, 0) is 13.1 Å². The van der Waals surface area contributed by atoms with Crippen LogP contribution >= 0.6 is 0 Å². The zero-order valence-electron chi connectivity index (χ0n) is 10.9. The van der Waals surface area contributed by atoms with Crippen molar-refractivity contribution in [2.75, 3.05) is 0 Å². The minimum atomic E-state index is -0.137. The minimum Gasteiger partial charge on any atom is -0.311 e. The molecule has 2 aromatic heterocycles. The van der Waals surface area contributed by atoms with E-state index in [0.717, 1.165) is 5.56 Å². The van der Waals surface area contributed by atoms with Gasteiger partial charge in [-0.05, 0) is 5.56 Å². The summed E-state index contributed by atoms with van der Waals surface area (Å²) < 4.78 is 3.37. The second-order valence-corrected chi connectivity index (χ2v) is 4.52. The molecule has 3 aromatic rings. The molecule has 0 spiro atoms. The Morgan fingerprint density at radius 3 is 2.60 bits per heavy atom. The molecule has 0 fully saturated rings. The molecule has 0 saturated carbocycles. The summed E-state index contributed by atoms with van der Waals surface area (Å²) in [7, 11) is 0. The van der Waals surface area contributed by atoms with E-state index < -0.39 is 0 Å². The highest BCUT2D eigenvalue weighted by molar-refractivity contribution is 5.69. The van der Waals surface area contributed by atoms with Crippen molar-refractivity contribution in [2.24, 2.45) is 0 Å². The second-order valence-electron chi connectivity index (χ2n) is 4.52. The number of allylic oxidation sites excluding steroid dienone is 1. The van der Waals surface area contributed by atoms with E-state index in [9.17, 15) is 4.79 Å². The van der Waals surface area contributed by atoms with Crippen LogP contribution in [0.1, 0.15) is 5.56 Å². The van der Waals surface area contributed by atoms with E-state index in [4.69, 9.17) is 0 Å². The first-order valence-corrected chi connectivity index (χ1v) is 6.34. The molecular formula is C15H14N4O. The van der Waals surface area contributed by atoms with E-state index in [2.05, 4.69) is 16.5 Å². The molecule has 0 amide bonds. The average molecular weight is 266 g/mol. The van der Waals surface area contributed by atoms with Gasteiger partial charge in [0.25, 0.3) is 5.56 Å². The fourth-order valence-electron chi connectivity index (χ4n) is 2.14. The molecule has 100 valence electrons. The van der Waals surface area contributed by atoms with E-state index in [0.29, 0.717) is 24.3 Å². The quantitative estimate of drug-likeness (QED) is 0.677. The third kappa shape index (κ3) is 2.14. The average Bonchev–Trinajstić information content (AvgIpc) is 2.87. The van der Waals surface area contributed by atoms with E-state index in [1.54, 1.807) is 12.4 Å². The maximum absolute atomic E-state index is 12.2. The van der Waals surface area contributed by atoms with Crippen LogP contribution in [0.5, 0.6) is 0 Å². The van der Waals surface area contributed by atoms with Crippen molar-refractivity contribution in [3.63, 3.8) is 0 Å². The molecule has 0 aliphatic heterocycles. The molecule has 0 N–H and O–H groups in total. The summed E-state index contributed by atoms with van der Waals surface area (Å²) in [5, 5.41) is 0. The molecule has 3 rings (SSSR count). The topological polar surface area (TPSA) is 52.7 Å². The van der Waals surface area contributed by atoms with Gasteiger partial charge in [-0.25, -0.2) is 9.97 Å². The van der Waals surface area contributed by atoms with Gasteiger partial charge < -0.3 is 4.57 Å². The predicted octanol–water partition coefficient (Wildman–Crippen LogP) is 1.83. The van der Waals surface area contributed by atoms with Crippen molar-refractivity contribution in [1.29, 1.82) is 0 Å². The van der Waals surface area contributed by atoms with Crippen molar-refractivity contribution in [2.45, 2.75) is 13.1 Å². The van der Waals surface area contributed by atoms with Crippen molar-refractivity contribution >= 4 is 11.2 Å². The Morgan fingerprint density at radius 2 is 1.85 bits per heavy atom. The zero-order valence-corrected chi connectivity index (χ0v) is 10.9. The Kier molecular flexibility index (Phi) is 3.16. The number of nitrogens with zero attached hydrogens (tertiary/aromatic N) is 4. The van der Waals surface area contributed by atoms with Crippen molar-refractivity contribution in [3.8, 4) is 0 Å². The molecule has 2 heterocycles. The van der Waals surface area contributed by atoms with Crippen LogP contribution in [0.15, 0.2) is 60.4 Å². The summed E-state index contributed by atoms with van der Waals surface area (Å²) in [6, 6.07) is 10.0. The first-order valence-electron chi connectivity index (χ1n) is 6.34. The third-order valence-electron chi connectivity index (χ3n) is 3.11. The summed E-state index contributed by atoms with van der Waals surface area (Å²) >= 11 is 0. The number of hydrogen-bond acceptors (Lipinski definition) is 3. The Morgan fingerprint density at radius 1 is 1.10 bits per heavy atom. The molecule has 0 aliphatic rings. The summed E-state index contributed by atoms with van der Waals surface area (Å²) in [6.45, 7) is 4.71. The number of fused-ring (bicyclic) bond motifs is 1. The van der Waals surface area contributed by atoms with Gasteiger partial charge in [-0.3, -0.25) is 9.36 Å². The maximum Gasteiger partial charge on any atom is 0.281 e. The zero-order chi connectivity index (χ0) is 13.9. The molecule has 5 nitrogen and oxygen atoms in total. The Hall–Kier alpha value is -2.69. The standard InChI is InChI=1S/C15H14N4O/c1-2-8-18-11-17-14-13(15(18)20)16-10-19(14)9-12-6-4-3-5-7-12/h2-7,10-11H,1,8-9H2. The van der Waals surface area contributed by atoms with E-state index >= 15 is 0 Å². The van der Waals surface area contributed by atoms with Crippen LogP contribution in [0.2, 0.25) is 0 Å². The molecule has 1 aromatic carbocycles. The number of imidazole rings is 1. The Balaban J connectivity index is 2.04. The largest absolute Gasteiger partial charge is 0.311 e. The van der Waals surface area contributed by atoms with Gasteiger partial charge in [-0.1, -0.05) is 36.4 Å². The van der Waals surface area contributed by atoms with Gasteiger partial charge in [-0.2, -0.15) is 0 Å². The number of aromatic nitrogens is 4. The first-order chi connectivity index (χ1) is 9.79. The number of hydrogen-bond donors (Lipinski definition) is 0. The lowest BCUT2D eigenvalue weighted by atomic mass is 10.2. The Bertz CT molecular complexity index is 802. The van der Waals surface area contributed by atoms with Crippen molar-refractivity contribution in [3.05, 3.63) is 71.6 Å². The molecule has 5 heteroatoms. The maximum atomic E-state index is 12.2. The van der Waals surface area contributed by atoms with Crippen LogP contribution in [-0.4, -0.2) is 19.1 Å². The summed E-state index contributed by atoms with van der Waals surface area (Å²) in [4.78, 5) is 20.7. The molecular weight excluding hydrogens is 252 g/mol. The summed E-state index contributed by atoms with van der Waals surface area (Å²) in [5.41, 5.74) is 2.01. The normalized spacial score (nSPS) is 10.8. The lowest BCUT2D eigenvalue weighted by Gasteiger charge is -2.04.